The van der Waals surface area contributed by atoms with Crippen LogP contribution in [0, 0.1) is 0 Å². The Bertz CT molecular complexity index is 441. The summed E-state index contributed by atoms with van der Waals surface area (Å²) in [5.41, 5.74) is 0.349. The van der Waals surface area contributed by atoms with Gasteiger partial charge in [-0.25, -0.2) is 0 Å². The molecule has 1 aromatic heterocycles. The molecule has 1 aromatic rings. The van der Waals surface area contributed by atoms with Crippen molar-refractivity contribution in [2.24, 2.45) is 0 Å². The highest BCUT2D eigenvalue weighted by molar-refractivity contribution is 5.93. The van der Waals surface area contributed by atoms with Crippen molar-refractivity contribution in [1.82, 2.24) is 15.2 Å². The first-order valence-corrected chi connectivity index (χ1v) is 6.35. The van der Waals surface area contributed by atoms with E-state index < -0.39 is 0 Å². The van der Waals surface area contributed by atoms with Crippen LogP contribution in [0.2, 0.25) is 0 Å². The van der Waals surface area contributed by atoms with Crippen molar-refractivity contribution in [3.63, 3.8) is 0 Å². The second-order valence-electron chi connectivity index (χ2n) is 4.69. The third-order valence-corrected chi connectivity index (χ3v) is 3.44. The molecule has 0 saturated carbocycles. The fourth-order valence-electron chi connectivity index (χ4n) is 2.30. The summed E-state index contributed by atoms with van der Waals surface area (Å²) in [7, 11) is 1.84. The molecule has 2 heterocycles. The highest BCUT2D eigenvalue weighted by atomic mass is 16.2. The Balaban J connectivity index is 2.07. The maximum Gasteiger partial charge on any atom is 0.255 e. The van der Waals surface area contributed by atoms with Crippen LogP contribution in [0.15, 0.2) is 23.1 Å². The van der Waals surface area contributed by atoms with Gasteiger partial charge in [-0.2, -0.15) is 0 Å². The summed E-state index contributed by atoms with van der Waals surface area (Å²) < 4.78 is 0. The average molecular weight is 249 g/mol. The molecule has 5 nitrogen and oxygen atoms in total. The van der Waals surface area contributed by atoms with E-state index in [1.165, 1.54) is 12.3 Å². The number of rotatable bonds is 2. The summed E-state index contributed by atoms with van der Waals surface area (Å²) >= 11 is 0. The molecule has 2 rings (SSSR count). The molecule has 1 unspecified atom stereocenters. The van der Waals surface area contributed by atoms with Crippen molar-refractivity contribution in [2.75, 3.05) is 20.1 Å². The molecule has 0 bridgehead atoms. The Hall–Kier alpha value is -1.62. The van der Waals surface area contributed by atoms with E-state index in [1.54, 1.807) is 11.0 Å². The molecular weight excluding hydrogens is 230 g/mol. The lowest BCUT2D eigenvalue weighted by Gasteiger charge is -2.27. The van der Waals surface area contributed by atoms with Crippen LogP contribution in [0.3, 0.4) is 0 Å². The summed E-state index contributed by atoms with van der Waals surface area (Å²) in [5, 5.41) is 3.33. The molecule has 2 N–H and O–H groups in total. The molecule has 0 spiro atoms. The Morgan fingerprint density at radius 3 is 2.89 bits per heavy atom. The van der Waals surface area contributed by atoms with Crippen LogP contribution in [0.5, 0.6) is 0 Å². The lowest BCUT2D eigenvalue weighted by molar-refractivity contribution is 0.0720. The topological polar surface area (TPSA) is 65.2 Å². The molecule has 0 aromatic carbocycles. The molecule has 98 valence electrons. The number of carbonyl (C=O) groups excluding carboxylic acids is 1. The van der Waals surface area contributed by atoms with E-state index in [2.05, 4.69) is 10.3 Å². The van der Waals surface area contributed by atoms with E-state index in [-0.39, 0.29) is 17.5 Å². The van der Waals surface area contributed by atoms with Crippen molar-refractivity contribution in [3.05, 3.63) is 34.2 Å². The van der Waals surface area contributed by atoms with Gasteiger partial charge in [-0.3, -0.25) is 9.59 Å². The lowest BCUT2D eigenvalue weighted by atomic mass is 10.1. The molecule has 0 aliphatic carbocycles. The second kappa shape index (κ2) is 5.82. The zero-order valence-electron chi connectivity index (χ0n) is 10.6. The summed E-state index contributed by atoms with van der Waals surface area (Å²) in [6, 6.07) is 3.24. The summed E-state index contributed by atoms with van der Waals surface area (Å²) in [5.74, 6) is -0.0295. The number of aromatic nitrogens is 1. The van der Waals surface area contributed by atoms with Crippen LogP contribution in [0.25, 0.3) is 0 Å². The maximum atomic E-state index is 12.3. The van der Waals surface area contributed by atoms with Crippen molar-refractivity contribution in [2.45, 2.75) is 25.3 Å². The smallest absolute Gasteiger partial charge is 0.255 e. The van der Waals surface area contributed by atoms with Gasteiger partial charge in [0, 0.05) is 25.4 Å². The molecule has 5 heteroatoms. The lowest BCUT2D eigenvalue weighted by Crippen LogP contribution is -2.37. The van der Waals surface area contributed by atoms with Gasteiger partial charge in [-0.1, -0.05) is 0 Å². The van der Waals surface area contributed by atoms with Gasteiger partial charge in [0.2, 0.25) is 5.56 Å². The minimum atomic E-state index is -0.187. The van der Waals surface area contributed by atoms with Crippen LogP contribution >= 0.6 is 0 Å². The Labute approximate surface area is 106 Å². The Kier molecular flexibility index (Phi) is 4.15. The first-order chi connectivity index (χ1) is 8.68. The monoisotopic (exact) mass is 249 g/mol. The van der Waals surface area contributed by atoms with Gasteiger partial charge >= 0.3 is 0 Å². The summed E-state index contributed by atoms with van der Waals surface area (Å²) in [4.78, 5) is 27.6. The van der Waals surface area contributed by atoms with Crippen molar-refractivity contribution < 1.29 is 4.79 Å². The predicted octanol–water partition coefficient (Wildman–Crippen LogP) is 0.589. The van der Waals surface area contributed by atoms with Gasteiger partial charge in [0.05, 0.1) is 5.56 Å². The first-order valence-electron chi connectivity index (χ1n) is 6.35. The van der Waals surface area contributed by atoms with Crippen LogP contribution in [-0.2, 0) is 0 Å². The number of aromatic amines is 1. The molecule has 1 aliphatic heterocycles. The predicted molar refractivity (Wildman–Crippen MR) is 69.7 cm³/mol. The fraction of sp³-hybridized carbons (Fsp3) is 0.538. The van der Waals surface area contributed by atoms with Crippen molar-refractivity contribution in [3.8, 4) is 0 Å². The highest BCUT2D eigenvalue weighted by Gasteiger charge is 2.21. The number of carbonyl (C=O) groups is 1. The SMILES string of the molecule is CN(C(=O)c1ccc(=O)[nH]c1)C1CCCNCC1. The van der Waals surface area contributed by atoms with E-state index in [9.17, 15) is 9.59 Å². The average Bonchev–Trinajstić information content (AvgIpc) is 2.67. The van der Waals surface area contributed by atoms with E-state index in [4.69, 9.17) is 0 Å². The number of hydrogen-bond acceptors (Lipinski definition) is 3. The van der Waals surface area contributed by atoms with Crippen LogP contribution < -0.4 is 10.9 Å². The van der Waals surface area contributed by atoms with Crippen molar-refractivity contribution in [1.29, 1.82) is 0 Å². The second-order valence-corrected chi connectivity index (χ2v) is 4.69. The van der Waals surface area contributed by atoms with Crippen LogP contribution in [0.4, 0.5) is 0 Å². The number of pyridine rings is 1. The van der Waals surface area contributed by atoms with Gasteiger partial charge in [0.15, 0.2) is 0 Å². The van der Waals surface area contributed by atoms with Crippen molar-refractivity contribution >= 4 is 5.91 Å². The molecule has 1 saturated heterocycles. The Morgan fingerprint density at radius 2 is 2.17 bits per heavy atom. The molecule has 18 heavy (non-hydrogen) atoms. The molecule has 1 atom stereocenters. The number of amides is 1. The van der Waals surface area contributed by atoms with E-state index >= 15 is 0 Å². The highest BCUT2D eigenvalue weighted by Crippen LogP contribution is 2.14. The van der Waals surface area contributed by atoms with Gasteiger partial charge in [0.1, 0.15) is 0 Å². The fourth-order valence-corrected chi connectivity index (χ4v) is 2.30. The van der Waals surface area contributed by atoms with Gasteiger partial charge < -0.3 is 15.2 Å². The van der Waals surface area contributed by atoms with E-state index in [0.29, 0.717) is 5.56 Å². The normalized spacial score (nSPS) is 20.2. The maximum absolute atomic E-state index is 12.3. The van der Waals surface area contributed by atoms with Crippen LogP contribution in [0.1, 0.15) is 29.6 Å². The molecule has 1 amide bonds. The van der Waals surface area contributed by atoms with E-state index in [1.807, 2.05) is 7.05 Å². The zero-order valence-corrected chi connectivity index (χ0v) is 10.6. The summed E-state index contributed by atoms with van der Waals surface area (Å²) in [6.45, 7) is 1.98. The number of H-pyrrole nitrogens is 1. The largest absolute Gasteiger partial charge is 0.339 e. The third kappa shape index (κ3) is 2.98. The minimum Gasteiger partial charge on any atom is -0.339 e. The minimum absolute atomic E-state index is 0.0295. The van der Waals surface area contributed by atoms with Gasteiger partial charge in [-0.05, 0) is 38.4 Å². The van der Waals surface area contributed by atoms with Crippen LogP contribution in [-0.4, -0.2) is 42.0 Å². The Morgan fingerprint density at radius 1 is 1.33 bits per heavy atom. The van der Waals surface area contributed by atoms with Gasteiger partial charge in [0.25, 0.3) is 5.91 Å². The molecule has 1 fully saturated rings. The zero-order chi connectivity index (χ0) is 13.0. The quantitative estimate of drug-likeness (QED) is 0.806. The van der Waals surface area contributed by atoms with E-state index in [0.717, 1.165) is 32.4 Å². The van der Waals surface area contributed by atoms with Gasteiger partial charge in [-0.15, -0.1) is 0 Å². The summed E-state index contributed by atoms with van der Waals surface area (Å²) in [6.07, 6.45) is 4.58. The number of nitrogens with zero attached hydrogens (tertiary/aromatic N) is 1. The molecular formula is C13H19N3O2. The third-order valence-electron chi connectivity index (χ3n) is 3.44. The first kappa shape index (κ1) is 12.8. The standard InChI is InChI=1S/C13H19N3O2/c1-16(11-3-2-7-14-8-6-11)13(18)10-4-5-12(17)15-9-10/h4-5,9,11,14H,2-3,6-8H2,1H3,(H,15,17). The molecule has 1 aliphatic rings. The number of nitrogens with one attached hydrogen (secondary N) is 2. The molecule has 0 radical (unpaired) electrons. The number of hydrogen-bond donors (Lipinski definition) is 2.